The van der Waals surface area contributed by atoms with Crippen LogP contribution in [0.2, 0.25) is 0 Å². The summed E-state index contributed by atoms with van der Waals surface area (Å²) in [5.41, 5.74) is 0.557. The molecule has 1 radical (unpaired) electrons. The Morgan fingerprint density at radius 1 is 1.13 bits per heavy atom. The van der Waals surface area contributed by atoms with E-state index in [1.165, 1.54) is 12.1 Å². The van der Waals surface area contributed by atoms with Crippen LogP contribution in [-0.2, 0) is 0 Å². The molecule has 75 valence electrons. The molecule has 0 aliphatic rings. The van der Waals surface area contributed by atoms with Crippen LogP contribution in [0.3, 0.4) is 0 Å². The molecule has 0 saturated carbocycles. The highest BCUT2D eigenvalue weighted by molar-refractivity contribution is 5.34. The fourth-order valence-electron chi connectivity index (χ4n) is 1.15. The van der Waals surface area contributed by atoms with Gasteiger partial charge in [0.1, 0.15) is 17.3 Å². The van der Waals surface area contributed by atoms with Gasteiger partial charge in [-0.05, 0) is 43.3 Å². The number of nitrogens with zero attached hydrogens (tertiary/aromatic N) is 1. The number of benzene rings is 1. The van der Waals surface area contributed by atoms with Crippen molar-refractivity contribution in [2.24, 2.45) is 0 Å². The zero-order chi connectivity index (χ0) is 10.7. The van der Waals surface area contributed by atoms with Crippen molar-refractivity contribution < 1.29 is 9.13 Å². The van der Waals surface area contributed by atoms with Gasteiger partial charge in [0.25, 0.3) is 0 Å². The Morgan fingerprint density at radius 3 is 2.53 bits per heavy atom. The molecule has 15 heavy (non-hydrogen) atoms. The molecule has 0 aliphatic carbocycles. The van der Waals surface area contributed by atoms with E-state index in [-0.39, 0.29) is 5.82 Å². The van der Waals surface area contributed by atoms with Gasteiger partial charge in [-0.3, -0.25) is 4.98 Å². The van der Waals surface area contributed by atoms with Crippen molar-refractivity contribution in [1.29, 1.82) is 0 Å². The molecule has 3 heteroatoms. The molecule has 0 saturated heterocycles. The van der Waals surface area contributed by atoms with Gasteiger partial charge < -0.3 is 4.74 Å². The molecule has 1 heterocycles. The lowest BCUT2D eigenvalue weighted by atomic mass is 10.3. The lowest BCUT2D eigenvalue weighted by Crippen LogP contribution is -1.89. The molecular formula is C12H9FNO. The van der Waals surface area contributed by atoms with Gasteiger partial charge in [-0.1, -0.05) is 0 Å². The summed E-state index contributed by atoms with van der Waals surface area (Å²) in [5, 5.41) is 0. The van der Waals surface area contributed by atoms with Crippen LogP contribution in [0.5, 0.6) is 11.5 Å². The van der Waals surface area contributed by atoms with E-state index in [4.69, 9.17) is 4.74 Å². The average molecular weight is 202 g/mol. The van der Waals surface area contributed by atoms with Crippen molar-refractivity contribution in [3.05, 3.63) is 61.0 Å². The molecule has 0 aliphatic heterocycles. The third kappa shape index (κ3) is 2.31. The van der Waals surface area contributed by atoms with Gasteiger partial charge in [0, 0.05) is 6.20 Å². The van der Waals surface area contributed by atoms with Gasteiger partial charge in [-0.2, -0.15) is 0 Å². The molecule has 0 spiro atoms. The van der Waals surface area contributed by atoms with Crippen molar-refractivity contribution in [1.82, 2.24) is 4.98 Å². The Balaban J connectivity index is 2.22. The Bertz CT molecular complexity index is 453. The summed E-state index contributed by atoms with van der Waals surface area (Å²) in [6, 6.07) is 9.32. The van der Waals surface area contributed by atoms with Crippen molar-refractivity contribution in [2.75, 3.05) is 0 Å². The summed E-state index contributed by atoms with van der Waals surface area (Å²) in [5.74, 6) is 0.849. The first-order valence-corrected chi connectivity index (χ1v) is 4.46. The van der Waals surface area contributed by atoms with Crippen LogP contribution in [0.15, 0.2) is 42.6 Å². The maximum atomic E-state index is 12.6. The van der Waals surface area contributed by atoms with E-state index in [2.05, 4.69) is 11.9 Å². The number of halogens is 1. The lowest BCUT2D eigenvalue weighted by molar-refractivity contribution is 0.476. The summed E-state index contributed by atoms with van der Waals surface area (Å²) >= 11 is 0. The minimum absolute atomic E-state index is 0.289. The highest BCUT2D eigenvalue weighted by atomic mass is 19.1. The largest absolute Gasteiger partial charge is 0.455 e. The Morgan fingerprint density at radius 2 is 1.87 bits per heavy atom. The average Bonchev–Trinajstić information content (AvgIpc) is 2.25. The van der Waals surface area contributed by atoms with Crippen molar-refractivity contribution >= 4 is 0 Å². The second kappa shape index (κ2) is 4.09. The van der Waals surface area contributed by atoms with Crippen molar-refractivity contribution in [3.63, 3.8) is 0 Å². The minimum Gasteiger partial charge on any atom is -0.455 e. The zero-order valence-electron chi connectivity index (χ0n) is 7.98. The van der Waals surface area contributed by atoms with Crippen LogP contribution < -0.4 is 4.74 Å². The lowest BCUT2D eigenvalue weighted by Gasteiger charge is -2.06. The quantitative estimate of drug-likeness (QED) is 0.746. The van der Waals surface area contributed by atoms with Crippen LogP contribution in [0.25, 0.3) is 0 Å². The Kier molecular flexibility index (Phi) is 2.63. The first kappa shape index (κ1) is 9.65. The van der Waals surface area contributed by atoms with Crippen LogP contribution in [0.1, 0.15) is 5.69 Å². The molecule has 0 fully saturated rings. The summed E-state index contributed by atoms with van der Waals surface area (Å²) in [4.78, 5) is 3.98. The molecule has 2 aromatic rings. The maximum absolute atomic E-state index is 12.6. The number of rotatable bonds is 2. The molecule has 0 amide bonds. The molecule has 0 bridgehead atoms. The normalized spacial score (nSPS) is 10.0. The Hall–Kier alpha value is -1.90. The van der Waals surface area contributed by atoms with E-state index >= 15 is 0 Å². The highest BCUT2D eigenvalue weighted by Gasteiger charge is 2.01. The number of pyridine rings is 1. The van der Waals surface area contributed by atoms with Gasteiger partial charge >= 0.3 is 0 Å². The maximum Gasteiger partial charge on any atom is 0.148 e. The SMILES string of the molecule is [CH2]c1ncccc1Oc1ccc(F)cc1. The Labute approximate surface area is 87.4 Å². The molecule has 0 N–H and O–H groups in total. The first-order valence-electron chi connectivity index (χ1n) is 4.46. The fourth-order valence-corrected chi connectivity index (χ4v) is 1.15. The molecule has 0 atom stereocenters. The summed E-state index contributed by atoms with van der Waals surface area (Å²) in [7, 11) is 0. The highest BCUT2D eigenvalue weighted by Crippen LogP contribution is 2.22. The van der Waals surface area contributed by atoms with E-state index < -0.39 is 0 Å². The summed E-state index contributed by atoms with van der Waals surface area (Å²) < 4.78 is 18.1. The van der Waals surface area contributed by atoms with Gasteiger partial charge in [-0.15, -0.1) is 0 Å². The number of ether oxygens (including phenoxy) is 1. The summed E-state index contributed by atoms with van der Waals surface area (Å²) in [6.45, 7) is 3.72. The first-order chi connectivity index (χ1) is 7.25. The van der Waals surface area contributed by atoms with E-state index in [9.17, 15) is 4.39 Å². The van der Waals surface area contributed by atoms with Crippen molar-refractivity contribution in [3.8, 4) is 11.5 Å². The third-order valence-corrected chi connectivity index (χ3v) is 1.89. The number of hydrogen-bond acceptors (Lipinski definition) is 2. The minimum atomic E-state index is -0.289. The van der Waals surface area contributed by atoms with E-state index in [0.29, 0.717) is 17.2 Å². The predicted octanol–water partition coefficient (Wildman–Crippen LogP) is 3.20. The van der Waals surface area contributed by atoms with Crippen LogP contribution >= 0.6 is 0 Å². The van der Waals surface area contributed by atoms with Crippen LogP contribution in [0.4, 0.5) is 4.39 Å². The van der Waals surface area contributed by atoms with Gasteiger partial charge in [0.2, 0.25) is 0 Å². The zero-order valence-corrected chi connectivity index (χ0v) is 7.98. The van der Waals surface area contributed by atoms with E-state index in [1.54, 1.807) is 30.5 Å². The molecule has 2 rings (SSSR count). The fraction of sp³-hybridized carbons (Fsp3) is 0. The second-order valence-corrected chi connectivity index (χ2v) is 3.00. The number of aromatic nitrogens is 1. The molecule has 1 aromatic carbocycles. The molecule has 0 unspecified atom stereocenters. The van der Waals surface area contributed by atoms with Gasteiger partial charge in [-0.25, -0.2) is 4.39 Å². The molecule has 1 aromatic heterocycles. The second-order valence-electron chi connectivity index (χ2n) is 3.00. The molecular weight excluding hydrogens is 193 g/mol. The summed E-state index contributed by atoms with van der Waals surface area (Å²) in [6.07, 6.45) is 1.64. The van der Waals surface area contributed by atoms with E-state index in [0.717, 1.165) is 0 Å². The molecule has 2 nitrogen and oxygen atoms in total. The predicted molar refractivity (Wildman–Crippen MR) is 55.2 cm³/mol. The third-order valence-electron chi connectivity index (χ3n) is 1.89. The topological polar surface area (TPSA) is 22.1 Å². The standard InChI is InChI=1S/C12H9FNO/c1-9-12(3-2-8-14-9)15-11-6-4-10(13)5-7-11/h2-8H,1H2. The number of hydrogen-bond donors (Lipinski definition) is 0. The van der Waals surface area contributed by atoms with Crippen LogP contribution in [-0.4, -0.2) is 4.98 Å². The van der Waals surface area contributed by atoms with Gasteiger partial charge in [0.15, 0.2) is 0 Å². The smallest absolute Gasteiger partial charge is 0.148 e. The van der Waals surface area contributed by atoms with E-state index in [1.807, 2.05) is 0 Å². The van der Waals surface area contributed by atoms with Crippen molar-refractivity contribution in [2.45, 2.75) is 0 Å². The van der Waals surface area contributed by atoms with Crippen LogP contribution in [0, 0.1) is 12.7 Å². The van der Waals surface area contributed by atoms with Gasteiger partial charge in [0.05, 0.1) is 5.69 Å². The monoisotopic (exact) mass is 202 g/mol.